The van der Waals surface area contributed by atoms with Crippen LogP contribution >= 0.6 is 0 Å². The molecule has 0 spiro atoms. The molecule has 5 rings (SSSR count). The molecule has 0 saturated carbocycles. The van der Waals surface area contributed by atoms with Gasteiger partial charge in [0.1, 0.15) is 17.1 Å². The molecular weight excluding hydrogens is 594 g/mol. The molecular formula is C29H28F6N6O3. The first kappa shape index (κ1) is 32.3. The van der Waals surface area contributed by atoms with Crippen molar-refractivity contribution < 1.29 is 40.7 Å². The van der Waals surface area contributed by atoms with Crippen LogP contribution in [-0.2, 0) is 17.5 Å². The Morgan fingerprint density at radius 3 is 2.27 bits per heavy atom. The number of methoxy groups -OCH3 is 1. The average Bonchev–Trinajstić information content (AvgIpc) is 3.42. The predicted molar refractivity (Wildman–Crippen MR) is 147 cm³/mol. The molecule has 0 bridgehead atoms. The number of nitrogens with one attached hydrogen (secondary N) is 1. The first-order chi connectivity index (χ1) is 20.9. The third-order valence-electron chi connectivity index (χ3n) is 6.99. The lowest BCUT2D eigenvalue weighted by atomic mass is 10.0. The van der Waals surface area contributed by atoms with Gasteiger partial charge in [0.05, 0.1) is 19.0 Å². The fourth-order valence-electron chi connectivity index (χ4n) is 4.83. The first-order valence-electron chi connectivity index (χ1n) is 13.3. The predicted octanol–water partition coefficient (Wildman–Crippen LogP) is 4.47. The third kappa shape index (κ3) is 6.77. The molecule has 9 nitrogen and oxygen atoms in total. The van der Waals surface area contributed by atoms with Crippen LogP contribution in [0.1, 0.15) is 27.2 Å². The average molecular weight is 623 g/mol. The maximum atomic E-state index is 14.2. The number of alkyl halides is 3. The maximum Gasteiger partial charge on any atom is 0.433 e. The van der Waals surface area contributed by atoms with E-state index < -0.39 is 35.2 Å². The normalized spacial score (nSPS) is 13.8. The monoisotopic (exact) mass is 622 g/mol. The van der Waals surface area contributed by atoms with Crippen molar-refractivity contribution in [1.82, 2.24) is 29.7 Å². The molecule has 1 aliphatic heterocycles. The summed E-state index contributed by atoms with van der Waals surface area (Å²) >= 11 is 0. The quantitative estimate of drug-likeness (QED) is 0.194. The van der Waals surface area contributed by atoms with Crippen molar-refractivity contribution in [2.45, 2.75) is 19.6 Å². The molecule has 44 heavy (non-hydrogen) atoms. The van der Waals surface area contributed by atoms with Crippen LogP contribution in [-0.4, -0.2) is 77.1 Å². The van der Waals surface area contributed by atoms with Crippen LogP contribution in [0.2, 0.25) is 0 Å². The van der Waals surface area contributed by atoms with E-state index in [0.29, 0.717) is 28.3 Å². The fourth-order valence-corrected chi connectivity index (χ4v) is 4.83. The lowest BCUT2D eigenvalue weighted by molar-refractivity contribution is -0.143. The molecule has 1 aliphatic rings. The number of aromatic nitrogens is 3. The molecule has 4 aromatic rings. The molecule has 1 saturated heterocycles. The van der Waals surface area contributed by atoms with E-state index in [1.165, 1.54) is 18.9 Å². The van der Waals surface area contributed by atoms with Crippen LogP contribution in [0.5, 0.6) is 5.75 Å². The van der Waals surface area contributed by atoms with Gasteiger partial charge < -0.3 is 15.0 Å². The second-order valence-electron chi connectivity index (χ2n) is 9.79. The van der Waals surface area contributed by atoms with Gasteiger partial charge >= 0.3 is 6.18 Å². The molecule has 234 valence electrons. The number of hydrogen-bond acceptors (Lipinski definition) is 6. The van der Waals surface area contributed by atoms with E-state index in [1.54, 1.807) is 36.2 Å². The molecule has 3 heterocycles. The zero-order valence-corrected chi connectivity index (χ0v) is 23.9. The molecule has 0 unspecified atom stereocenters. The maximum absolute atomic E-state index is 14.2. The highest BCUT2D eigenvalue weighted by Crippen LogP contribution is 2.37. The number of nitrogens with zero attached hydrogens (tertiary/aromatic N) is 5. The number of hydrogen-bond donors (Lipinski definition) is 1. The Hall–Kier alpha value is -4.66. The van der Waals surface area contributed by atoms with E-state index in [9.17, 15) is 31.1 Å². The van der Waals surface area contributed by atoms with Gasteiger partial charge in [-0.3, -0.25) is 14.5 Å². The van der Waals surface area contributed by atoms with Gasteiger partial charge in [-0.25, -0.2) is 22.7 Å². The Bertz CT molecular complexity index is 1650. The highest BCUT2D eigenvalue weighted by atomic mass is 19.4. The minimum atomic E-state index is -4.78. The molecule has 0 radical (unpaired) electrons. The third-order valence-corrected chi connectivity index (χ3v) is 6.99. The van der Waals surface area contributed by atoms with Crippen LogP contribution in [0, 0.1) is 24.4 Å². The lowest BCUT2D eigenvalue weighted by Crippen LogP contribution is -2.48. The van der Waals surface area contributed by atoms with Crippen LogP contribution in [0.25, 0.3) is 16.9 Å². The van der Waals surface area contributed by atoms with Crippen molar-refractivity contribution in [3.05, 3.63) is 82.4 Å². The molecule has 0 atom stereocenters. The number of carbonyl (C=O) groups is 2. The van der Waals surface area contributed by atoms with Gasteiger partial charge in [-0.2, -0.15) is 18.3 Å². The number of carbonyl (C=O) groups excluding carboxylic acids is 2. The molecule has 1 fully saturated rings. The first-order valence-corrected chi connectivity index (χ1v) is 13.3. The Morgan fingerprint density at radius 2 is 1.70 bits per heavy atom. The fraction of sp³-hybridized carbons (Fsp3) is 0.310. The van der Waals surface area contributed by atoms with E-state index in [2.05, 4.69) is 15.4 Å². The molecule has 2 aromatic heterocycles. The van der Waals surface area contributed by atoms with Crippen LogP contribution in [0.4, 0.5) is 26.3 Å². The lowest BCUT2D eigenvalue weighted by Gasteiger charge is -2.34. The van der Waals surface area contributed by atoms with E-state index in [0.717, 1.165) is 12.3 Å². The van der Waals surface area contributed by atoms with Gasteiger partial charge in [0.15, 0.2) is 23.0 Å². The van der Waals surface area contributed by atoms with Crippen LogP contribution in [0.15, 0.2) is 42.6 Å². The van der Waals surface area contributed by atoms with Crippen molar-refractivity contribution >= 4 is 18.0 Å². The summed E-state index contributed by atoms with van der Waals surface area (Å²) in [5.74, 6) is -3.37. The summed E-state index contributed by atoms with van der Waals surface area (Å²) in [6.45, 7) is 2.03. The highest BCUT2D eigenvalue weighted by molar-refractivity contribution is 6.00. The summed E-state index contributed by atoms with van der Waals surface area (Å²) in [7, 11) is 3.03. The summed E-state index contributed by atoms with van der Waals surface area (Å²) in [5.41, 5.74) is -1.24. The van der Waals surface area contributed by atoms with E-state index in [1.807, 2.05) is 0 Å². The molecule has 1 N–H and O–H groups in total. The molecule has 0 aliphatic carbocycles. The van der Waals surface area contributed by atoms with Gasteiger partial charge in [0.2, 0.25) is 6.41 Å². The van der Waals surface area contributed by atoms with Crippen molar-refractivity contribution in [2.24, 2.45) is 0 Å². The van der Waals surface area contributed by atoms with Crippen molar-refractivity contribution in [3.63, 3.8) is 0 Å². The summed E-state index contributed by atoms with van der Waals surface area (Å²) in [4.78, 5) is 30.1. The van der Waals surface area contributed by atoms with Crippen LogP contribution < -0.4 is 10.1 Å². The van der Waals surface area contributed by atoms with E-state index in [4.69, 9.17) is 9.53 Å². The van der Waals surface area contributed by atoms with E-state index in [-0.39, 0.29) is 60.8 Å². The van der Waals surface area contributed by atoms with Crippen LogP contribution in [0.3, 0.4) is 0 Å². The van der Waals surface area contributed by atoms with Gasteiger partial charge in [0, 0.05) is 62.5 Å². The molecule has 15 heteroatoms. The minimum Gasteiger partial charge on any atom is -0.497 e. The summed E-state index contributed by atoms with van der Waals surface area (Å²) in [5, 5.41) is 6.11. The van der Waals surface area contributed by atoms with Crippen molar-refractivity contribution in [2.75, 3.05) is 40.3 Å². The number of rotatable bonds is 6. The van der Waals surface area contributed by atoms with Gasteiger partial charge in [-0.05, 0) is 37.3 Å². The SMILES string of the molecule is CNC=O.COc1ccc(-c2nc3c(C(=O)N4CCN(Cc5cc(F)cc(F)c5F)CC4)cnn3c(C(F)(F)F)c2C)cc1. The zero-order valence-electron chi connectivity index (χ0n) is 23.9. The Labute approximate surface area is 248 Å². The van der Waals surface area contributed by atoms with Crippen molar-refractivity contribution in [3.8, 4) is 17.0 Å². The summed E-state index contributed by atoms with van der Waals surface area (Å²) in [6, 6.07) is 7.73. The number of fused-ring (bicyclic) bond motifs is 1. The van der Waals surface area contributed by atoms with Gasteiger partial charge in [-0.1, -0.05) is 0 Å². The largest absolute Gasteiger partial charge is 0.497 e. The molecule has 2 aromatic carbocycles. The Morgan fingerprint density at radius 1 is 1.07 bits per heavy atom. The van der Waals surface area contributed by atoms with Crippen molar-refractivity contribution in [1.29, 1.82) is 0 Å². The summed E-state index contributed by atoms with van der Waals surface area (Å²) < 4.78 is 89.5. The van der Waals surface area contributed by atoms with Gasteiger partial charge in [0.25, 0.3) is 5.91 Å². The number of amides is 2. The number of benzene rings is 2. The number of halogens is 6. The topological polar surface area (TPSA) is 92.1 Å². The number of ether oxygens (including phenoxy) is 1. The number of piperazine rings is 1. The second-order valence-corrected chi connectivity index (χ2v) is 9.79. The summed E-state index contributed by atoms with van der Waals surface area (Å²) in [6.07, 6.45) is -3.09. The molecule has 2 amide bonds. The Balaban J connectivity index is 0.00000104. The highest BCUT2D eigenvalue weighted by Gasteiger charge is 2.39. The van der Waals surface area contributed by atoms with Gasteiger partial charge in [-0.15, -0.1) is 0 Å². The minimum absolute atomic E-state index is 0.0474. The van der Waals surface area contributed by atoms with E-state index >= 15 is 0 Å². The smallest absolute Gasteiger partial charge is 0.433 e. The zero-order chi connectivity index (χ0) is 32.2. The standard InChI is InChI=1S/C27H23F6N5O2.C2H5NO/c1-15-23(16-3-5-19(40-2)6-4-16)35-25-20(13-34-38(25)24(15)27(31,32)33)26(39)37-9-7-36(8-10-37)14-17-11-18(28)12-21(29)22(17)30;1-3-2-4/h3-6,11-13H,7-10,14H2,1-2H3;2H,1H3,(H,3,4). The Kier molecular flexibility index (Phi) is 9.77. The second kappa shape index (κ2) is 13.3.